The van der Waals surface area contributed by atoms with Gasteiger partial charge in [-0.1, -0.05) is 24.3 Å². The van der Waals surface area contributed by atoms with E-state index >= 15 is 0 Å². The number of fused-ring (bicyclic) bond motifs is 1. The minimum atomic E-state index is -0.913. The first-order chi connectivity index (χ1) is 16.4. The highest BCUT2D eigenvalue weighted by molar-refractivity contribution is 6.05. The van der Waals surface area contributed by atoms with Crippen LogP contribution in [-0.4, -0.2) is 57.7 Å². The summed E-state index contributed by atoms with van der Waals surface area (Å²) >= 11 is 0. The van der Waals surface area contributed by atoms with Gasteiger partial charge in [0, 0.05) is 25.1 Å². The second-order valence-electron chi connectivity index (χ2n) is 9.37. The topological polar surface area (TPSA) is 107 Å². The highest BCUT2D eigenvalue weighted by atomic mass is 16.4. The molecule has 0 bridgehead atoms. The van der Waals surface area contributed by atoms with Gasteiger partial charge in [0.1, 0.15) is 6.04 Å². The third-order valence-corrected chi connectivity index (χ3v) is 7.21. The van der Waals surface area contributed by atoms with Crippen molar-refractivity contribution in [1.82, 2.24) is 15.1 Å². The molecule has 1 unspecified atom stereocenters. The molecule has 2 fully saturated rings. The lowest BCUT2D eigenvalue weighted by molar-refractivity contribution is -0.136. The minimum Gasteiger partial charge on any atom is -0.478 e. The molecule has 1 atom stereocenters. The SMILES string of the molecule is O=C1CCC(N2Cc3cc(C4CCN(Cc5ccc(C(=O)O)cc5)CC4)ccc3C2=O)C(=O)N1. The molecule has 8 heteroatoms. The van der Waals surface area contributed by atoms with Crippen molar-refractivity contribution in [2.45, 2.75) is 50.7 Å². The summed E-state index contributed by atoms with van der Waals surface area (Å²) in [6.07, 6.45) is 2.65. The summed E-state index contributed by atoms with van der Waals surface area (Å²) < 4.78 is 0. The highest BCUT2D eigenvalue weighted by Gasteiger charge is 2.39. The van der Waals surface area contributed by atoms with Crippen molar-refractivity contribution < 1.29 is 24.3 Å². The number of nitrogens with zero attached hydrogens (tertiary/aromatic N) is 2. The van der Waals surface area contributed by atoms with Crippen molar-refractivity contribution in [2.75, 3.05) is 13.1 Å². The maximum Gasteiger partial charge on any atom is 0.335 e. The van der Waals surface area contributed by atoms with Gasteiger partial charge in [-0.3, -0.25) is 24.6 Å². The molecule has 0 saturated carbocycles. The van der Waals surface area contributed by atoms with E-state index in [-0.39, 0.29) is 24.1 Å². The number of rotatable bonds is 5. The molecule has 176 valence electrons. The van der Waals surface area contributed by atoms with Crippen LogP contribution >= 0.6 is 0 Å². The molecule has 2 saturated heterocycles. The average Bonchev–Trinajstić information content (AvgIpc) is 3.15. The van der Waals surface area contributed by atoms with Crippen LogP contribution in [0.1, 0.15) is 69.0 Å². The number of nitrogens with one attached hydrogen (secondary N) is 1. The van der Waals surface area contributed by atoms with Crippen LogP contribution in [0, 0.1) is 0 Å². The summed E-state index contributed by atoms with van der Waals surface area (Å²) in [5.74, 6) is -1.31. The molecule has 34 heavy (non-hydrogen) atoms. The number of likely N-dealkylation sites (tertiary alicyclic amines) is 1. The molecule has 2 N–H and O–H groups in total. The van der Waals surface area contributed by atoms with Crippen LogP contribution < -0.4 is 5.32 Å². The number of benzene rings is 2. The Morgan fingerprint density at radius 2 is 1.74 bits per heavy atom. The van der Waals surface area contributed by atoms with Crippen molar-refractivity contribution in [1.29, 1.82) is 0 Å². The van der Waals surface area contributed by atoms with E-state index in [2.05, 4.69) is 16.3 Å². The Hall–Kier alpha value is -3.52. The van der Waals surface area contributed by atoms with Gasteiger partial charge < -0.3 is 10.0 Å². The summed E-state index contributed by atoms with van der Waals surface area (Å²) in [7, 11) is 0. The summed E-state index contributed by atoms with van der Waals surface area (Å²) in [5.41, 5.74) is 4.23. The zero-order chi connectivity index (χ0) is 23.8. The highest BCUT2D eigenvalue weighted by Crippen LogP contribution is 2.34. The van der Waals surface area contributed by atoms with Gasteiger partial charge in [0.05, 0.1) is 5.56 Å². The summed E-state index contributed by atoms with van der Waals surface area (Å²) in [6.45, 7) is 3.10. The third-order valence-electron chi connectivity index (χ3n) is 7.21. The Labute approximate surface area is 197 Å². The molecular formula is C26H27N3O5. The maximum absolute atomic E-state index is 12.9. The fourth-order valence-electron chi connectivity index (χ4n) is 5.28. The van der Waals surface area contributed by atoms with Crippen LogP contribution in [0.4, 0.5) is 0 Å². The molecule has 0 spiro atoms. The molecule has 2 aromatic carbocycles. The van der Waals surface area contributed by atoms with Crippen LogP contribution in [0.2, 0.25) is 0 Å². The molecule has 3 aliphatic heterocycles. The standard InChI is InChI=1S/C26H27N3O5/c30-23-8-7-22(24(31)27-23)29-15-20-13-19(5-6-21(20)25(29)32)17-9-11-28(12-10-17)14-16-1-3-18(4-2-16)26(33)34/h1-6,13,17,22H,7-12,14-15H2,(H,33,34)(H,27,30,31). The van der Waals surface area contributed by atoms with Gasteiger partial charge in [0.25, 0.3) is 5.91 Å². The fraction of sp³-hybridized carbons (Fsp3) is 0.385. The lowest BCUT2D eigenvalue weighted by Crippen LogP contribution is -2.52. The molecular weight excluding hydrogens is 434 g/mol. The number of carboxylic acid groups (broad SMARTS) is 1. The van der Waals surface area contributed by atoms with E-state index in [0.29, 0.717) is 30.0 Å². The molecule has 3 amide bonds. The minimum absolute atomic E-state index is 0.139. The lowest BCUT2D eigenvalue weighted by atomic mass is 9.87. The number of piperidine rings is 2. The first-order valence-electron chi connectivity index (χ1n) is 11.7. The van der Waals surface area contributed by atoms with Crippen molar-refractivity contribution in [3.8, 4) is 0 Å². The molecule has 0 aromatic heterocycles. The predicted octanol–water partition coefficient (Wildman–Crippen LogP) is 2.53. The number of hydrogen-bond acceptors (Lipinski definition) is 5. The molecule has 0 aliphatic carbocycles. The summed E-state index contributed by atoms with van der Waals surface area (Å²) in [4.78, 5) is 51.6. The Kier molecular flexibility index (Phi) is 5.91. The Bertz CT molecular complexity index is 1150. The Morgan fingerprint density at radius 3 is 2.41 bits per heavy atom. The number of imide groups is 1. The first-order valence-corrected chi connectivity index (χ1v) is 11.7. The normalized spacial score (nSPS) is 21.5. The van der Waals surface area contributed by atoms with Gasteiger partial charge in [0.2, 0.25) is 11.8 Å². The number of carbonyl (C=O) groups is 4. The Morgan fingerprint density at radius 1 is 1.00 bits per heavy atom. The van der Waals surface area contributed by atoms with Gasteiger partial charge >= 0.3 is 5.97 Å². The van der Waals surface area contributed by atoms with E-state index in [4.69, 9.17) is 5.11 Å². The van der Waals surface area contributed by atoms with E-state index < -0.39 is 12.0 Å². The van der Waals surface area contributed by atoms with Crippen molar-refractivity contribution >= 4 is 23.7 Å². The van der Waals surface area contributed by atoms with Crippen molar-refractivity contribution in [3.05, 3.63) is 70.3 Å². The lowest BCUT2D eigenvalue weighted by Gasteiger charge is -2.32. The number of amides is 3. The van der Waals surface area contributed by atoms with E-state index in [9.17, 15) is 19.2 Å². The van der Waals surface area contributed by atoms with E-state index in [0.717, 1.165) is 43.6 Å². The largest absolute Gasteiger partial charge is 0.478 e. The second kappa shape index (κ2) is 9.02. The van der Waals surface area contributed by atoms with Gasteiger partial charge in [-0.2, -0.15) is 0 Å². The van der Waals surface area contributed by atoms with E-state index in [1.807, 2.05) is 24.3 Å². The van der Waals surface area contributed by atoms with E-state index in [1.165, 1.54) is 5.56 Å². The van der Waals surface area contributed by atoms with Crippen LogP contribution in [0.5, 0.6) is 0 Å². The maximum atomic E-state index is 12.9. The number of carboxylic acids is 1. The van der Waals surface area contributed by atoms with Gasteiger partial charge in [-0.25, -0.2) is 4.79 Å². The quantitative estimate of drug-likeness (QED) is 0.663. The van der Waals surface area contributed by atoms with Gasteiger partial charge in [-0.05, 0) is 73.2 Å². The van der Waals surface area contributed by atoms with Crippen LogP contribution in [0.25, 0.3) is 0 Å². The second-order valence-corrected chi connectivity index (χ2v) is 9.37. The zero-order valence-corrected chi connectivity index (χ0v) is 18.8. The molecule has 2 aromatic rings. The molecule has 3 aliphatic rings. The van der Waals surface area contributed by atoms with Crippen LogP contribution in [0.15, 0.2) is 42.5 Å². The summed E-state index contributed by atoms with van der Waals surface area (Å²) in [6, 6.07) is 12.5. The summed E-state index contributed by atoms with van der Waals surface area (Å²) in [5, 5.41) is 11.4. The van der Waals surface area contributed by atoms with Crippen LogP contribution in [0.3, 0.4) is 0 Å². The Balaban J connectivity index is 1.20. The number of carbonyl (C=O) groups excluding carboxylic acids is 3. The molecule has 8 nitrogen and oxygen atoms in total. The van der Waals surface area contributed by atoms with Crippen molar-refractivity contribution in [2.24, 2.45) is 0 Å². The third kappa shape index (κ3) is 4.33. The predicted molar refractivity (Wildman–Crippen MR) is 123 cm³/mol. The van der Waals surface area contributed by atoms with Gasteiger partial charge in [-0.15, -0.1) is 0 Å². The fourth-order valence-corrected chi connectivity index (χ4v) is 5.28. The smallest absolute Gasteiger partial charge is 0.335 e. The van der Waals surface area contributed by atoms with Crippen LogP contribution in [-0.2, 0) is 22.7 Å². The number of aromatic carboxylic acids is 1. The van der Waals surface area contributed by atoms with E-state index in [1.54, 1.807) is 17.0 Å². The molecule has 3 heterocycles. The monoisotopic (exact) mass is 461 g/mol. The number of hydrogen-bond donors (Lipinski definition) is 2. The molecule has 0 radical (unpaired) electrons. The van der Waals surface area contributed by atoms with Gasteiger partial charge in [0.15, 0.2) is 0 Å². The average molecular weight is 462 g/mol. The molecule has 5 rings (SSSR count). The zero-order valence-electron chi connectivity index (χ0n) is 18.8. The van der Waals surface area contributed by atoms with Crippen molar-refractivity contribution in [3.63, 3.8) is 0 Å². The first kappa shape index (κ1) is 22.3.